The van der Waals surface area contributed by atoms with Crippen LogP contribution in [0.25, 0.3) is 0 Å². The van der Waals surface area contributed by atoms with Gasteiger partial charge >= 0.3 is 5.97 Å². The molecule has 0 spiro atoms. The highest BCUT2D eigenvalue weighted by Crippen LogP contribution is 2.24. The number of aliphatic carboxylic acids is 1. The van der Waals surface area contributed by atoms with Crippen LogP contribution in [0.5, 0.6) is 0 Å². The standard InChI is InChI=1S/C13H17N3O2S2/c1-4-11-14-15-13(19-7-12(17)18)16(11)6-10-5-8(2)9(3)20-10/h5H,4,6-7H2,1-3H3,(H,17,18). The Kier molecular flexibility index (Phi) is 4.82. The molecule has 0 radical (unpaired) electrons. The van der Waals surface area contributed by atoms with Crippen LogP contribution >= 0.6 is 23.1 Å². The van der Waals surface area contributed by atoms with Crippen molar-refractivity contribution in [3.63, 3.8) is 0 Å². The minimum absolute atomic E-state index is 0.00431. The van der Waals surface area contributed by atoms with Crippen molar-refractivity contribution in [2.45, 2.75) is 38.9 Å². The second-order valence-electron chi connectivity index (χ2n) is 4.47. The quantitative estimate of drug-likeness (QED) is 0.831. The maximum atomic E-state index is 10.7. The molecule has 0 aliphatic rings. The molecule has 2 aromatic rings. The third kappa shape index (κ3) is 3.40. The lowest BCUT2D eigenvalue weighted by Gasteiger charge is -2.07. The number of carboxylic acid groups (broad SMARTS) is 1. The number of carbonyl (C=O) groups is 1. The number of aromatic nitrogens is 3. The summed E-state index contributed by atoms with van der Waals surface area (Å²) in [7, 11) is 0. The summed E-state index contributed by atoms with van der Waals surface area (Å²) in [6.45, 7) is 6.94. The van der Waals surface area contributed by atoms with Crippen LogP contribution in [0.15, 0.2) is 11.2 Å². The molecule has 0 unspecified atom stereocenters. The molecule has 0 saturated carbocycles. The lowest BCUT2D eigenvalue weighted by Crippen LogP contribution is -2.06. The number of carboxylic acids is 1. The number of hydrogen-bond acceptors (Lipinski definition) is 5. The molecule has 0 atom stereocenters. The average Bonchev–Trinajstić information content (AvgIpc) is 2.91. The van der Waals surface area contributed by atoms with E-state index < -0.39 is 5.97 Å². The fraction of sp³-hybridized carbons (Fsp3) is 0.462. The Hall–Kier alpha value is -1.34. The van der Waals surface area contributed by atoms with E-state index in [2.05, 4.69) is 30.1 Å². The summed E-state index contributed by atoms with van der Waals surface area (Å²) in [6, 6.07) is 2.17. The van der Waals surface area contributed by atoms with Gasteiger partial charge in [0.1, 0.15) is 5.82 Å². The maximum Gasteiger partial charge on any atom is 0.313 e. The van der Waals surface area contributed by atoms with Crippen molar-refractivity contribution >= 4 is 29.1 Å². The summed E-state index contributed by atoms with van der Waals surface area (Å²) in [4.78, 5) is 13.2. The third-order valence-electron chi connectivity index (χ3n) is 2.97. The molecule has 0 amide bonds. The van der Waals surface area contributed by atoms with Gasteiger partial charge in [0, 0.05) is 16.2 Å². The average molecular weight is 311 g/mol. The molecule has 0 saturated heterocycles. The Morgan fingerprint density at radius 1 is 1.45 bits per heavy atom. The van der Waals surface area contributed by atoms with E-state index >= 15 is 0 Å². The maximum absolute atomic E-state index is 10.7. The van der Waals surface area contributed by atoms with Crippen molar-refractivity contribution in [2.24, 2.45) is 0 Å². The van der Waals surface area contributed by atoms with Crippen LogP contribution in [0.1, 0.15) is 28.1 Å². The zero-order valence-electron chi connectivity index (χ0n) is 11.7. The predicted octanol–water partition coefficient (Wildman–Crippen LogP) is 2.74. The summed E-state index contributed by atoms with van der Waals surface area (Å²) in [5.74, 6) is 0.0525. The molecular formula is C13H17N3O2S2. The molecule has 0 bridgehead atoms. The minimum Gasteiger partial charge on any atom is -0.481 e. The van der Waals surface area contributed by atoms with Gasteiger partial charge in [-0.3, -0.25) is 4.79 Å². The van der Waals surface area contributed by atoms with E-state index in [1.165, 1.54) is 27.1 Å². The van der Waals surface area contributed by atoms with Crippen molar-refractivity contribution in [1.29, 1.82) is 0 Å². The van der Waals surface area contributed by atoms with Gasteiger partial charge in [-0.1, -0.05) is 18.7 Å². The van der Waals surface area contributed by atoms with Gasteiger partial charge in [0.15, 0.2) is 5.16 Å². The van der Waals surface area contributed by atoms with Gasteiger partial charge in [-0.25, -0.2) is 0 Å². The van der Waals surface area contributed by atoms with E-state index in [9.17, 15) is 4.79 Å². The predicted molar refractivity (Wildman–Crippen MR) is 80.7 cm³/mol. The Morgan fingerprint density at radius 2 is 2.20 bits per heavy atom. The lowest BCUT2D eigenvalue weighted by atomic mass is 10.3. The summed E-state index contributed by atoms with van der Waals surface area (Å²) in [5, 5.41) is 17.7. The van der Waals surface area contributed by atoms with Crippen LogP contribution in [0.2, 0.25) is 0 Å². The first-order valence-electron chi connectivity index (χ1n) is 6.33. The van der Waals surface area contributed by atoms with Crippen molar-refractivity contribution in [1.82, 2.24) is 14.8 Å². The summed E-state index contributed by atoms with van der Waals surface area (Å²) >= 11 is 2.98. The highest BCUT2D eigenvalue weighted by Gasteiger charge is 2.14. The number of hydrogen-bond donors (Lipinski definition) is 1. The Labute approximate surface area is 126 Å². The summed E-state index contributed by atoms with van der Waals surface area (Å²) < 4.78 is 2.01. The fourth-order valence-corrected chi connectivity index (χ4v) is 3.58. The van der Waals surface area contributed by atoms with Gasteiger partial charge in [0.25, 0.3) is 0 Å². The van der Waals surface area contributed by atoms with E-state index in [0.29, 0.717) is 11.7 Å². The highest BCUT2D eigenvalue weighted by atomic mass is 32.2. The number of nitrogens with zero attached hydrogens (tertiary/aromatic N) is 3. The largest absolute Gasteiger partial charge is 0.481 e. The molecule has 20 heavy (non-hydrogen) atoms. The monoisotopic (exact) mass is 311 g/mol. The summed E-state index contributed by atoms with van der Waals surface area (Å²) in [5.41, 5.74) is 1.29. The zero-order chi connectivity index (χ0) is 14.7. The fourth-order valence-electron chi connectivity index (χ4n) is 1.86. The SMILES string of the molecule is CCc1nnc(SCC(=O)O)n1Cc1cc(C)c(C)s1. The highest BCUT2D eigenvalue weighted by molar-refractivity contribution is 7.99. The van der Waals surface area contributed by atoms with Crippen LogP contribution in [-0.4, -0.2) is 31.6 Å². The number of rotatable bonds is 6. The van der Waals surface area contributed by atoms with Gasteiger partial charge in [-0.15, -0.1) is 21.5 Å². The van der Waals surface area contributed by atoms with Crippen molar-refractivity contribution < 1.29 is 9.90 Å². The minimum atomic E-state index is -0.842. The van der Waals surface area contributed by atoms with E-state index in [1.807, 2.05) is 11.5 Å². The van der Waals surface area contributed by atoms with Crippen LogP contribution in [0.3, 0.4) is 0 Å². The molecule has 0 aromatic carbocycles. The molecule has 108 valence electrons. The Bertz CT molecular complexity index is 600. The van der Waals surface area contributed by atoms with Gasteiger partial charge in [0.2, 0.25) is 0 Å². The molecular weight excluding hydrogens is 294 g/mol. The smallest absolute Gasteiger partial charge is 0.313 e. The lowest BCUT2D eigenvalue weighted by molar-refractivity contribution is -0.133. The molecule has 0 aliphatic heterocycles. The normalized spacial score (nSPS) is 10.9. The van der Waals surface area contributed by atoms with Crippen LogP contribution in [-0.2, 0) is 17.8 Å². The van der Waals surface area contributed by atoms with Gasteiger partial charge in [-0.05, 0) is 25.5 Å². The van der Waals surface area contributed by atoms with Gasteiger partial charge < -0.3 is 9.67 Å². The summed E-state index contributed by atoms with van der Waals surface area (Å²) in [6.07, 6.45) is 0.782. The van der Waals surface area contributed by atoms with Crippen LogP contribution in [0.4, 0.5) is 0 Å². The van der Waals surface area contributed by atoms with Crippen molar-refractivity contribution in [3.05, 3.63) is 27.2 Å². The van der Waals surface area contributed by atoms with E-state index in [0.717, 1.165) is 12.2 Å². The van der Waals surface area contributed by atoms with Crippen molar-refractivity contribution in [3.8, 4) is 0 Å². The first-order chi connectivity index (χ1) is 9.51. The molecule has 2 aromatic heterocycles. The molecule has 7 heteroatoms. The molecule has 0 fully saturated rings. The Balaban J connectivity index is 2.23. The van der Waals surface area contributed by atoms with Gasteiger partial charge in [0.05, 0.1) is 12.3 Å². The van der Waals surface area contributed by atoms with Crippen LogP contribution in [0, 0.1) is 13.8 Å². The van der Waals surface area contributed by atoms with Crippen LogP contribution < -0.4 is 0 Å². The van der Waals surface area contributed by atoms with E-state index in [1.54, 1.807) is 11.3 Å². The molecule has 1 N–H and O–H groups in total. The number of aryl methyl sites for hydroxylation is 3. The second-order valence-corrected chi connectivity index (χ2v) is 6.76. The number of thioether (sulfide) groups is 1. The molecule has 0 aliphatic carbocycles. The first kappa shape index (κ1) is 15.1. The Morgan fingerprint density at radius 3 is 2.75 bits per heavy atom. The molecule has 5 nitrogen and oxygen atoms in total. The van der Waals surface area contributed by atoms with Gasteiger partial charge in [-0.2, -0.15) is 0 Å². The third-order valence-corrected chi connectivity index (χ3v) is 5.05. The first-order valence-corrected chi connectivity index (χ1v) is 8.14. The molecule has 2 rings (SSSR count). The van der Waals surface area contributed by atoms with E-state index in [-0.39, 0.29) is 5.75 Å². The van der Waals surface area contributed by atoms with E-state index in [4.69, 9.17) is 5.11 Å². The topological polar surface area (TPSA) is 68.0 Å². The van der Waals surface area contributed by atoms with Crippen molar-refractivity contribution in [2.75, 3.05) is 5.75 Å². The zero-order valence-corrected chi connectivity index (χ0v) is 13.3. The second kappa shape index (κ2) is 6.41. The number of thiophene rings is 1. The molecule has 2 heterocycles.